The zero-order chi connectivity index (χ0) is 20.3. The number of benzene rings is 1. The summed E-state index contributed by atoms with van der Waals surface area (Å²) in [5, 5.41) is 11.9. The maximum absolute atomic E-state index is 12.5. The van der Waals surface area contributed by atoms with Crippen molar-refractivity contribution < 1.29 is 19.5 Å². The number of nitrogens with zero attached hydrogens (tertiary/aromatic N) is 2. The molecular formula is C21H29N3O4. The highest BCUT2D eigenvalue weighted by Crippen LogP contribution is 2.28. The first-order valence-corrected chi connectivity index (χ1v) is 10.0. The van der Waals surface area contributed by atoms with E-state index in [0.29, 0.717) is 6.42 Å². The number of hydrogen-bond donors (Lipinski definition) is 2. The molecule has 2 saturated heterocycles. The minimum atomic E-state index is -1.04. The largest absolute Gasteiger partial charge is 0.480 e. The second-order valence-electron chi connectivity index (χ2n) is 8.14. The van der Waals surface area contributed by atoms with Gasteiger partial charge in [-0.25, -0.2) is 4.79 Å². The molecule has 0 bridgehead atoms. The molecule has 2 N–H and O–H groups in total. The van der Waals surface area contributed by atoms with Crippen molar-refractivity contribution in [3.8, 4) is 0 Å². The maximum atomic E-state index is 12.5. The lowest BCUT2D eigenvalue weighted by Gasteiger charge is -2.21. The van der Waals surface area contributed by atoms with Crippen LogP contribution in [-0.4, -0.2) is 48.6 Å². The van der Waals surface area contributed by atoms with Gasteiger partial charge in [0, 0.05) is 37.4 Å². The number of hydrogen-bond acceptors (Lipinski definition) is 4. The van der Waals surface area contributed by atoms with Crippen LogP contribution in [-0.2, 0) is 14.4 Å². The third kappa shape index (κ3) is 4.64. The van der Waals surface area contributed by atoms with E-state index in [-0.39, 0.29) is 30.7 Å². The topological polar surface area (TPSA) is 90.0 Å². The van der Waals surface area contributed by atoms with E-state index in [2.05, 4.69) is 10.2 Å². The van der Waals surface area contributed by atoms with E-state index in [9.17, 15) is 19.5 Å². The Morgan fingerprint density at radius 3 is 2.32 bits per heavy atom. The second-order valence-corrected chi connectivity index (χ2v) is 8.14. The van der Waals surface area contributed by atoms with Gasteiger partial charge in [0.2, 0.25) is 11.8 Å². The Bertz CT molecular complexity index is 726. The minimum Gasteiger partial charge on any atom is -0.480 e. The third-order valence-electron chi connectivity index (χ3n) is 5.45. The van der Waals surface area contributed by atoms with E-state index in [0.717, 1.165) is 24.5 Å². The van der Waals surface area contributed by atoms with Gasteiger partial charge in [-0.05, 0) is 49.4 Å². The Hall–Kier alpha value is -2.57. The molecule has 2 atom stereocenters. The molecule has 152 valence electrons. The van der Waals surface area contributed by atoms with E-state index in [4.69, 9.17) is 0 Å². The summed E-state index contributed by atoms with van der Waals surface area (Å²) < 4.78 is 0. The summed E-state index contributed by atoms with van der Waals surface area (Å²) in [6, 6.07) is 6.96. The molecule has 2 unspecified atom stereocenters. The van der Waals surface area contributed by atoms with Crippen molar-refractivity contribution in [3.05, 3.63) is 24.3 Å². The molecule has 0 saturated carbocycles. The van der Waals surface area contributed by atoms with Crippen molar-refractivity contribution >= 4 is 29.2 Å². The van der Waals surface area contributed by atoms with Crippen molar-refractivity contribution in [2.45, 2.75) is 45.6 Å². The molecule has 2 amide bonds. The number of carboxylic acid groups (broad SMARTS) is 1. The van der Waals surface area contributed by atoms with Gasteiger partial charge in [-0.15, -0.1) is 0 Å². The van der Waals surface area contributed by atoms with Crippen molar-refractivity contribution in [1.29, 1.82) is 0 Å². The molecule has 2 aliphatic heterocycles. The molecule has 2 aliphatic rings. The normalized spacial score (nSPS) is 20.7. The second kappa shape index (κ2) is 8.63. The maximum Gasteiger partial charge on any atom is 0.326 e. The Morgan fingerprint density at radius 1 is 1.14 bits per heavy atom. The van der Waals surface area contributed by atoms with Crippen LogP contribution in [0.5, 0.6) is 0 Å². The first-order valence-electron chi connectivity index (χ1n) is 10.0. The average Bonchev–Trinajstić information content (AvgIpc) is 3.30. The highest BCUT2D eigenvalue weighted by atomic mass is 16.4. The van der Waals surface area contributed by atoms with Gasteiger partial charge in [0.1, 0.15) is 6.04 Å². The average molecular weight is 387 g/mol. The van der Waals surface area contributed by atoms with E-state index in [1.807, 2.05) is 38.1 Å². The Labute approximate surface area is 165 Å². The van der Waals surface area contributed by atoms with Gasteiger partial charge in [-0.2, -0.15) is 0 Å². The van der Waals surface area contributed by atoms with Gasteiger partial charge in [-0.3, -0.25) is 9.59 Å². The molecule has 2 fully saturated rings. The highest BCUT2D eigenvalue weighted by molar-refractivity contribution is 6.00. The van der Waals surface area contributed by atoms with Crippen LogP contribution in [0.1, 0.15) is 39.5 Å². The predicted molar refractivity (Wildman–Crippen MR) is 107 cm³/mol. The molecule has 2 heterocycles. The molecule has 3 rings (SSSR count). The molecule has 0 aliphatic carbocycles. The quantitative estimate of drug-likeness (QED) is 0.749. The van der Waals surface area contributed by atoms with Gasteiger partial charge in [0.05, 0.1) is 5.92 Å². The monoisotopic (exact) mass is 387 g/mol. The molecule has 0 spiro atoms. The molecule has 7 nitrogen and oxygen atoms in total. The molecule has 0 aromatic heterocycles. The van der Waals surface area contributed by atoms with Crippen LogP contribution in [0.4, 0.5) is 11.4 Å². The Balaban J connectivity index is 1.62. The molecule has 1 aromatic rings. The summed E-state index contributed by atoms with van der Waals surface area (Å²) in [6.07, 6.45) is 2.88. The van der Waals surface area contributed by atoms with Crippen LogP contribution in [0.25, 0.3) is 0 Å². The number of aliphatic carboxylic acids is 1. The summed E-state index contributed by atoms with van der Waals surface area (Å²) >= 11 is 0. The van der Waals surface area contributed by atoms with Crippen LogP contribution in [0, 0.1) is 11.8 Å². The third-order valence-corrected chi connectivity index (χ3v) is 5.45. The van der Waals surface area contributed by atoms with Crippen molar-refractivity contribution in [3.63, 3.8) is 0 Å². The lowest BCUT2D eigenvalue weighted by Crippen LogP contribution is -2.44. The molecule has 0 radical (unpaired) electrons. The Morgan fingerprint density at radius 2 is 1.75 bits per heavy atom. The number of amides is 2. The number of rotatable bonds is 7. The van der Waals surface area contributed by atoms with Crippen LogP contribution in [0.2, 0.25) is 0 Å². The van der Waals surface area contributed by atoms with Gasteiger partial charge in [0.25, 0.3) is 0 Å². The molecule has 1 aromatic carbocycles. The minimum absolute atomic E-state index is 0.105. The molecule has 7 heteroatoms. The van der Waals surface area contributed by atoms with Gasteiger partial charge >= 0.3 is 5.97 Å². The summed E-state index contributed by atoms with van der Waals surface area (Å²) in [5.74, 6) is -1.89. The molecule has 28 heavy (non-hydrogen) atoms. The van der Waals surface area contributed by atoms with Gasteiger partial charge in [-0.1, -0.05) is 13.8 Å². The smallest absolute Gasteiger partial charge is 0.326 e. The highest BCUT2D eigenvalue weighted by Gasteiger charge is 2.36. The Kier molecular flexibility index (Phi) is 6.21. The first-order chi connectivity index (χ1) is 13.3. The van der Waals surface area contributed by atoms with E-state index < -0.39 is 17.9 Å². The van der Waals surface area contributed by atoms with Crippen LogP contribution < -0.4 is 15.1 Å². The predicted octanol–water partition coefficient (Wildman–Crippen LogP) is 2.26. The zero-order valence-electron chi connectivity index (χ0n) is 16.6. The molecular weight excluding hydrogens is 358 g/mol. The lowest BCUT2D eigenvalue weighted by molar-refractivity contribution is -0.142. The van der Waals surface area contributed by atoms with E-state index in [1.54, 1.807) is 4.90 Å². The van der Waals surface area contributed by atoms with E-state index >= 15 is 0 Å². The summed E-state index contributed by atoms with van der Waals surface area (Å²) in [5.41, 5.74) is 1.93. The number of anilines is 2. The van der Waals surface area contributed by atoms with Crippen molar-refractivity contribution in [1.82, 2.24) is 5.32 Å². The fourth-order valence-electron chi connectivity index (χ4n) is 3.93. The van der Waals surface area contributed by atoms with Crippen LogP contribution >= 0.6 is 0 Å². The van der Waals surface area contributed by atoms with Crippen molar-refractivity contribution in [2.75, 3.05) is 29.4 Å². The number of nitrogens with one attached hydrogen (secondary N) is 1. The van der Waals surface area contributed by atoms with Crippen LogP contribution in [0.3, 0.4) is 0 Å². The number of carbonyl (C=O) groups excluding carboxylic acids is 2. The number of carbonyl (C=O) groups is 3. The summed E-state index contributed by atoms with van der Waals surface area (Å²) in [4.78, 5) is 40.3. The van der Waals surface area contributed by atoms with Gasteiger partial charge < -0.3 is 20.2 Å². The first kappa shape index (κ1) is 20.2. The van der Waals surface area contributed by atoms with Gasteiger partial charge in [0.15, 0.2) is 0 Å². The summed E-state index contributed by atoms with van der Waals surface area (Å²) in [6.45, 7) is 6.22. The van der Waals surface area contributed by atoms with Crippen LogP contribution in [0.15, 0.2) is 24.3 Å². The lowest BCUT2D eigenvalue weighted by atomic mass is 10.0. The zero-order valence-corrected chi connectivity index (χ0v) is 16.6. The standard InChI is InChI=1S/C21H29N3O4/c1-14(2)11-18(21(27)28)22-20(26)15-12-19(25)24(13-15)17-7-5-16(6-8-17)23-9-3-4-10-23/h5-8,14-15,18H,3-4,9-13H2,1-2H3,(H,22,26)(H,27,28). The van der Waals surface area contributed by atoms with E-state index in [1.165, 1.54) is 12.8 Å². The summed E-state index contributed by atoms with van der Waals surface area (Å²) in [7, 11) is 0. The fourth-order valence-corrected chi connectivity index (χ4v) is 3.93. The number of carboxylic acids is 1. The SMILES string of the molecule is CC(C)CC(NC(=O)C1CC(=O)N(c2ccc(N3CCCC3)cc2)C1)C(=O)O. The fraction of sp³-hybridized carbons (Fsp3) is 0.571. The van der Waals surface area contributed by atoms with Crippen molar-refractivity contribution in [2.24, 2.45) is 11.8 Å².